The lowest BCUT2D eigenvalue weighted by Gasteiger charge is -2.50. The van der Waals surface area contributed by atoms with Crippen molar-refractivity contribution in [2.75, 3.05) is 0 Å². The highest BCUT2D eigenvalue weighted by Crippen LogP contribution is 2.54. The summed E-state index contributed by atoms with van der Waals surface area (Å²) in [5, 5.41) is 0. The Labute approximate surface area is 138 Å². The van der Waals surface area contributed by atoms with Gasteiger partial charge in [-0.2, -0.15) is 0 Å². The molecular formula is C21H37F. The molecule has 1 atom stereocenters. The number of hydrogen-bond acceptors (Lipinski definition) is 0. The van der Waals surface area contributed by atoms with Crippen LogP contribution in [0, 0.1) is 23.2 Å². The summed E-state index contributed by atoms with van der Waals surface area (Å²) in [6, 6.07) is 0. The topological polar surface area (TPSA) is 0 Å². The van der Waals surface area contributed by atoms with Gasteiger partial charge in [0.25, 0.3) is 0 Å². The van der Waals surface area contributed by atoms with Gasteiger partial charge in [0, 0.05) is 0 Å². The Morgan fingerprint density at radius 2 is 1.77 bits per heavy atom. The van der Waals surface area contributed by atoms with Crippen molar-refractivity contribution in [1.29, 1.82) is 0 Å². The first-order chi connectivity index (χ1) is 10.7. The second kappa shape index (κ2) is 9.08. The molecule has 0 bridgehead atoms. The predicted octanol–water partition coefficient (Wildman–Crippen LogP) is 7.44. The Kier molecular flexibility index (Phi) is 7.44. The van der Waals surface area contributed by atoms with Gasteiger partial charge in [-0.3, -0.25) is 0 Å². The van der Waals surface area contributed by atoms with E-state index in [9.17, 15) is 4.39 Å². The van der Waals surface area contributed by atoms with E-state index >= 15 is 0 Å². The van der Waals surface area contributed by atoms with Crippen LogP contribution in [0.1, 0.15) is 97.3 Å². The molecule has 0 N–H and O–H groups in total. The SMILES string of the molecule is CCCC(C)C1([C@H]2CC[C@H](CC/C=C/F)CC2)CCCCC1. The minimum absolute atomic E-state index is 0.665. The molecule has 2 fully saturated rings. The standard InChI is InChI=1S/C21H37F/c1-3-9-18(2)21(15-6-4-7-16-21)20-13-11-19(12-14-20)10-5-8-17-22/h8,17-20H,3-7,9-16H2,1-2H3/b17-8+/t18?,19-,20-. The van der Waals surface area contributed by atoms with Gasteiger partial charge in [-0.1, -0.05) is 64.9 Å². The highest BCUT2D eigenvalue weighted by molar-refractivity contribution is 4.94. The lowest BCUT2D eigenvalue weighted by molar-refractivity contribution is -0.000758. The summed E-state index contributed by atoms with van der Waals surface area (Å²) in [4.78, 5) is 0. The third kappa shape index (κ3) is 4.36. The second-order valence-electron chi connectivity index (χ2n) is 8.14. The van der Waals surface area contributed by atoms with Crippen LogP contribution in [-0.2, 0) is 0 Å². The van der Waals surface area contributed by atoms with E-state index in [1.807, 2.05) is 0 Å². The fourth-order valence-electron chi connectivity index (χ4n) is 5.65. The van der Waals surface area contributed by atoms with Gasteiger partial charge in [-0.15, -0.1) is 0 Å². The summed E-state index contributed by atoms with van der Waals surface area (Å²) in [6.07, 6.45) is 20.4. The van der Waals surface area contributed by atoms with Gasteiger partial charge < -0.3 is 0 Å². The highest BCUT2D eigenvalue weighted by atomic mass is 19.1. The van der Waals surface area contributed by atoms with Crippen molar-refractivity contribution in [2.24, 2.45) is 23.2 Å². The highest BCUT2D eigenvalue weighted by Gasteiger charge is 2.44. The first-order valence-corrected chi connectivity index (χ1v) is 9.98. The van der Waals surface area contributed by atoms with Crippen molar-refractivity contribution in [3.05, 3.63) is 12.4 Å². The molecule has 0 heterocycles. The van der Waals surface area contributed by atoms with E-state index in [1.165, 1.54) is 77.0 Å². The van der Waals surface area contributed by atoms with Crippen LogP contribution in [0.2, 0.25) is 0 Å². The summed E-state index contributed by atoms with van der Waals surface area (Å²) in [6.45, 7) is 4.90. The molecule has 1 heteroatoms. The van der Waals surface area contributed by atoms with Crippen LogP contribution in [0.5, 0.6) is 0 Å². The number of rotatable bonds is 7. The molecule has 2 rings (SSSR count). The van der Waals surface area contributed by atoms with Crippen molar-refractivity contribution < 1.29 is 4.39 Å². The van der Waals surface area contributed by atoms with Crippen LogP contribution in [0.3, 0.4) is 0 Å². The molecule has 2 aliphatic rings. The smallest absolute Gasteiger partial charge is 0.0827 e. The van der Waals surface area contributed by atoms with E-state index in [0.717, 1.165) is 30.5 Å². The predicted molar refractivity (Wildman–Crippen MR) is 94.5 cm³/mol. The molecule has 0 amide bonds. The Bertz CT molecular complexity index is 319. The normalized spacial score (nSPS) is 30.5. The molecule has 2 saturated carbocycles. The molecule has 0 radical (unpaired) electrons. The van der Waals surface area contributed by atoms with E-state index < -0.39 is 0 Å². The Morgan fingerprint density at radius 3 is 2.36 bits per heavy atom. The first kappa shape index (κ1) is 18.0. The summed E-state index contributed by atoms with van der Waals surface area (Å²) in [7, 11) is 0. The maximum absolute atomic E-state index is 12.1. The van der Waals surface area contributed by atoms with Crippen LogP contribution < -0.4 is 0 Å². The largest absolute Gasteiger partial charge is 0.216 e. The van der Waals surface area contributed by atoms with E-state index in [-0.39, 0.29) is 0 Å². The van der Waals surface area contributed by atoms with Crippen LogP contribution >= 0.6 is 0 Å². The molecule has 0 aromatic heterocycles. The number of hydrogen-bond donors (Lipinski definition) is 0. The molecule has 0 aromatic rings. The summed E-state index contributed by atoms with van der Waals surface area (Å²) in [5.41, 5.74) is 0.665. The molecule has 0 aromatic carbocycles. The van der Waals surface area contributed by atoms with Gasteiger partial charge in [0.2, 0.25) is 0 Å². The van der Waals surface area contributed by atoms with Crippen LogP contribution in [0.25, 0.3) is 0 Å². The lowest BCUT2D eigenvalue weighted by Crippen LogP contribution is -2.40. The third-order valence-corrected chi connectivity index (χ3v) is 6.98. The van der Waals surface area contributed by atoms with Crippen molar-refractivity contribution in [3.63, 3.8) is 0 Å². The fourth-order valence-corrected chi connectivity index (χ4v) is 5.65. The van der Waals surface area contributed by atoms with Crippen molar-refractivity contribution in [1.82, 2.24) is 0 Å². The van der Waals surface area contributed by atoms with Gasteiger partial charge >= 0.3 is 0 Å². The van der Waals surface area contributed by atoms with E-state index in [4.69, 9.17) is 0 Å². The van der Waals surface area contributed by atoms with Gasteiger partial charge in [0.05, 0.1) is 6.33 Å². The van der Waals surface area contributed by atoms with Gasteiger partial charge in [0.15, 0.2) is 0 Å². The van der Waals surface area contributed by atoms with E-state index in [2.05, 4.69) is 13.8 Å². The van der Waals surface area contributed by atoms with Crippen LogP contribution in [-0.4, -0.2) is 0 Å². The van der Waals surface area contributed by atoms with E-state index in [1.54, 1.807) is 6.08 Å². The molecular weight excluding hydrogens is 271 g/mol. The average molecular weight is 309 g/mol. The molecule has 2 aliphatic carbocycles. The van der Waals surface area contributed by atoms with Crippen molar-refractivity contribution in [3.8, 4) is 0 Å². The van der Waals surface area contributed by atoms with Gasteiger partial charge in [-0.25, -0.2) is 4.39 Å². The van der Waals surface area contributed by atoms with E-state index in [0.29, 0.717) is 5.41 Å². The zero-order valence-electron chi connectivity index (χ0n) is 15.0. The monoisotopic (exact) mass is 308 g/mol. The zero-order valence-corrected chi connectivity index (χ0v) is 15.0. The Balaban J connectivity index is 1.92. The van der Waals surface area contributed by atoms with Crippen LogP contribution in [0.4, 0.5) is 4.39 Å². The number of halogens is 1. The van der Waals surface area contributed by atoms with Crippen molar-refractivity contribution in [2.45, 2.75) is 97.3 Å². The summed E-state index contributed by atoms with van der Waals surface area (Å²) in [5.74, 6) is 2.74. The molecule has 1 unspecified atom stereocenters. The van der Waals surface area contributed by atoms with Gasteiger partial charge in [-0.05, 0) is 61.7 Å². The molecule has 128 valence electrons. The zero-order chi connectivity index (χ0) is 15.8. The van der Waals surface area contributed by atoms with Crippen LogP contribution in [0.15, 0.2) is 12.4 Å². The number of allylic oxidation sites excluding steroid dienone is 1. The molecule has 0 spiro atoms. The third-order valence-electron chi connectivity index (χ3n) is 6.98. The first-order valence-electron chi connectivity index (χ1n) is 9.98. The lowest BCUT2D eigenvalue weighted by atomic mass is 9.55. The Morgan fingerprint density at radius 1 is 1.09 bits per heavy atom. The molecule has 22 heavy (non-hydrogen) atoms. The summed E-state index contributed by atoms with van der Waals surface area (Å²) < 4.78 is 12.1. The second-order valence-corrected chi connectivity index (χ2v) is 8.14. The minimum atomic E-state index is 0.665. The quantitative estimate of drug-likeness (QED) is 0.458. The molecule has 0 aliphatic heterocycles. The van der Waals surface area contributed by atoms with Gasteiger partial charge in [0.1, 0.15) is 0 Å². The fraction of sp³-hybridized carbons (Fsp3) is 0.905. The minimum Gasteiger partial charge on any atom is -0.216 e. The van der Waals surface area contributed by atoms with Crippen molar-refractivity contribution >= 4 is 0 Å². The maximum Gasteiger partial charge on any atom is 0.0827 e. The Hall–Kier alpha value is -0.330. The average Bonchev–Trinajstić information content (AvgIpc) is 2.56. The summed E-state index contributed by atoms with van der Waals surface area (Å²) >= 11 is 0. The maximum atomic E-state index is 12.1. The molecule has 0 nitrogen and oxygen atoms in total. The molecule has 0 saturated heterocycles.